The molecule has 2 aromatic rings. The Morgan fingerprint density at radius 1 is 1.21 bits per heavy atom. The summed E-state index contributed by atoms with van der Waals surface area (Å²) in [6.07, 6.45) is 7.84. The van der Waals surface area contributed by atoms with Gasteiger partial charge in [0.05, 0.1) is 6.20 Å². The molecule has 4 heteroatoms. The Labute approximate surface area is 156 Å². The van der Waals surface area contributed by atoms with Gasteiger partial charge in [0.1, 0.15) is 0 Å². The quantitative estimate of drug-likeness (QED) is 0.675. The number of halogens is 1. The number of hydrogen-bond acceptors (Lipinski definition) is 3. The lowest BCUT2D eigenvalue weighted by atomic mass is 9.83. The Balaban J connectivity index is 0.00000208. The van der Waals surface area contributed by atoms with Crippen molar-refractivity contribution in [2.45, 2.75) is 58.9 Å². The van der Waals surface area contributed by atoms with Crippen LogP contribution in [-0.4, -0.2) is 29.2 Å². The van der Waals surface area contributed by atoms with E-state index in [-0.39, 0.29) is 17.0 Å². The maximum atomic E-state index is 5.54. The molecule has 0 N–H and O–H groups in total. The average molecular weight is 393 g/mol. The van der Waals surface area contributed by atoms with Crippen LogP contribution in [0.1, 0.15) is 49.8 Å². The molecule has 0 saturated carbocycles. The zero-order valence-corrected chi connectivity index (χ0v) is 16.8. The highest BCUT2D eigenvalue weighted by atomic mass is 79.9. The van der Waals surface area contributed by atoms with E-state index in [1.807, 2.05) is 6.20 Å². The molecule has 1 aromatic carbocycles. The second kappa shape index (κ2) is 8.82. The van der Waals surface area contributed by atoms with Crippen molar-refractivity contribution in [1.29, 1.82) is 0 Å². The number of aromatic nitrogens is 1. The van der Waals surface area contributed by atoms with Gasteiger partial charge in [-0.3, -0.25) is 0 Å². The Hall–Kier alpha value is -1.13. The summed E-state index contributed by atoms with van der Waals surface area (Å²) < 4.78 is 5.54. The molecular weight excluding hydrogens is 364 g/mol. The van der Waals surface area contributed by atoms with Crippen molar-refractivity contribution in [1.82, 2.24) is 10.1 Å². The minimum Gasteiger partial charge on any atom is -0.356 e. The summed E-state index contributed by atoms with van der Waals surface area (Å²) in [6, 6.07) is 7.29. The molecular formula is C20H29BrN2O. The summed E-state index contributed by atoms with van der Waals surface area (Å²) in [7, 11) is 0. The Morgan fingerprint density at radius 3 is 2.58 bits per heavy atom. The Morgan fingerprint density at radius 2 is 1.96 bits per heavy atom. The van der Waals surface area contributed by atoms with E-state index < -0.39 is 0 Å². The van der Waals surface area contributed by atoms with E-state index in [0.717, 1.165) is 17.7 Å². The molecule has 1 atom stereocenters. The lowest BCUT2D eigenvalue weighted by molar-refractivity contribution is 0.180. The van der Waals surface area contributed by atoms with Crippen LogP contribution in [0.4, 0.5) is 0 Å². The van der Waals surface area contributed by atoms with E-state index in [9.17, 15) is 0 Å². The summed E-state index contributed by atoms with van der Waals surface area (Å²) in [6.45, 7) is 9.05. The molecule has 3 nitrogen and oxygen atoms in total. The molecule has 132 valence electrons. The Kier molecular flexibility index (Phi) is 7.05. The van der Waals surface area contributed by atoms with Crippen molar-refractivity contribution in [2.75, 3.05) is 13.1 Å². The van der Waals surface area contributed by atoms with E-state index in [1.54, 1.807) is 0 Å². The van der Waals surface area contributed by atoms with Gasteiger partial charge in [-0.05, 0) is 63.2 Å². The minimum atomic E-state index is 0. The van der Waals surface area contributed by atoms with Crippen LogP contribution in [0.5, 0.6) is 0 Å². The molecule has 1 aliphatic carbocycles. The van der Waals surface area contributed by atoms with Crippen molar-refractivity contribution in [3.8, 4) is 11.3 Å². The van der Waals surface area contributed by atoms with Gasteiger partial charge in [0.15, 0.2) is 5.76 Å². The molecule has 0 unspecified atom stereocenters. The number of hydrogen-bond donors (Lipinski definition) is 0. The second-order valence-electron chi connectivity index (χ2n) is 6.71. The lowest BCUT2D eigenvalue weighted by Crippen LogP contribution is -2.40. The summed E-state index contributed by atoms with van der Waals surface area (Å²) in [5.41, 5.74) is 5.33. The van der Waals surface area contributed by atoms with Gasteiger partial charge in [-0.25, -0.2) is 0 Å². The van der Waals surface area contributed by atoms with Crippen LogP contribution in [0.2, 0.25) is 0 Å². The van der Waals surface area contributed by atoms with E-state index >= 15 is 0 Å². The molecule has 0 amide bonds. The highest BCUT2D eigenvalue weighted by Crippen LogP contribution is 2.34. The Bertz CT molecular complexity index is 647. The van der Waals surface area contributed by atoms with Gasteiger partial charge in [0.25, 0.3) is 0 Å². The van der Waals surface area contributed by atoms with E-state index in [4.69, 9.17) is 4.52 Å². The third kappa shape index (κ3) is 3.92. The predicted octanol–water partition coefficient (Wildman–Crippen LogP) is 5.21. The average Bonchev–Trinajstić information content (AvgIpc) is 2.99. The predicted molar refractivity (Wildman–Crippen MR) is 105 cm³/mol. The summed E-state index contributed by atoms with van der Waals surface area (Å²) in [5.74, 6) is 0.944. The summed E-state index contributed by atoms with van der Waals surface area (Å²) >= 11 is 0. The van der Waals surface area contributed by atoms with Crippen molar-refractivity contribution in [2.24, 2.45) is 0 Å². The largest absolute Gasteiger partial charge is 0.356 e. The molecule has 0 fully saturated rings. The topological polar surface area (TPSA) is 29.3 Å². The SMILES string of the molecule is Br.CCCN(CCC)[C@@H]1CCc2cccc(-c3oncc3C)c2C1. The molecule has 1 heterocycles. The fraction of sp³-hybridized carbons (Fsp3) is 0.550. The van der Waals surface area contributed by atoms with Crippen LogP contribution in [-0.2, 0) is 12.8 Å². The minimum absolute atomic E-state index is 0. The molecule has 0 radical (unpaired) electrons. The molecule has 0 saturated heterocycles. The van der Waals surface area contributed by atoms with Crippen LogP contribution in [0.25, 0.3) is 11.3 Å². The monoisotopic (exact) mass is 392 g/mol. The van der Waals surface area contributed by atoms with Crippen molar-refractivity contribution < 1.29 is 4.52 Å². The second-order valence-corrected chi connectivity index (χ2v) is 6.71. The summed E-state index contributed by atoms with van der Waals surface area (Å²) in [4.78, 5) is 2.69. The fourth-order valence-corrected chi connectivity index (χ4v) is 3.90. The lowest BCUT2D eigenvalue weighted by Gasteiger charge is -2.35. The first-order valence-corrected chi connectivity index (χ1v) is 9.01. The van der Waals surface area contributed by atoms with Gasteiger partial charge in [-0.15, -0.1) is 17.0 Å². The first kappa shape index (κ1) is 19.2. The maximum absolute atomic E-state index is 5.54. The number of aryl methyl sites for hydroxylation is 2. The standard InChI is InChI=1S/C20H28N2O.BrH/c1-4-11-22(12-5-2)17-10-9-16-7-6-8-18(19(16)13-17)20-15(3)14-21-23-20;/h6-8,14,17H,4-5,9-13H2,1-3H3;1H/t17-;/m1./s1. The van der Waals surface area contributed by atoms with Gasteiger partial charge in [-0.2, -0.15) is 0 Å². The van der Waals surface area contributed by atoms with Gasteiger partial charge in [0, 0.05) is 17.2 Å². The van der Waals surface area contributed by atoms with Gasteiger partial charge < -0.3 is 9.42 Å². The smallest absolute Gasteiger partial charge is 0.170 e. The van der Waals surface area contributed by atoms with Crippen LogP contribution < -0.4 is 0 Å². The zero-order valence-electron chi connectivity index (χ0n) is 15.0. The molecule has 0 aliphatic heterocycles. The van der Waals surface area contributed by atoms with Gasteiger partial charge in [-0.1, -0.05) is 37.2 Å². The summed E-state index contributed by atoms with van der Waals surface area (Å²) in [5, 5.41) is 3.97. The normalized spacial score (nSPS) is 16.8. The zero-order chi connectivity index (χ0) is 16.2. The van der Waals surface area contributed by atoms with Crippen molar-refractivity contribution >= 4 is 17.0 Å². The molecule has 3 rings (SSSR count). The molecule has 1 aliphatic rings. The number of fused-ring (bicyclic) bond motifs is 1. The van der Waals surface area contributed by atoms with Crippen LogP contribution in [0, 0.1) is 6.92 Å². The first-order valence-electron chi connectivity index (χ1n) is 9.01. The highest BCUT2D eigenvalue weighted by molar-refractivity contribution is 8.93. The molecule has 0 spiro atoms. The van der Waals surface area contributed by atoms with Crippen LogP contribution in [0.3, 0.4) is 0 Å². The third-order valence-corrected chi connectivity index (χ3v) is 4.99. The molecule has 24 heavy (non-hydrogen) atoms. The maximum Gasteiger partial charge on any atom is 0.170 e. The van der Waals surface area contributed by atoms with Crippen LogP contribution >= 0.6 is 17.0 Å². The van der Waals surface area contributed by atoms with Crippen molar-refractivity contribution in [3.63, 3.8) is 0 Å². The molecule has 0 bridgehead atoms. The highest BCUT2D eigenvalue weighted by Gasteiger charge is 2.26. The van der Waals surface area contributed by atoms with Crippen LogP contribution in [0.15, 0.2) is 28.9 Å². The van der Waals surface area contributed by atoms with E-state index in [0.29, 0.717) is 6.04 Å². The van der Waals surface area contributed by atoms with Gasteiger partial charge in [0.2, 0.25) is 0 Å². The number of rotatable bonds is 6. The van der Waals surface area contributed by atoms with Gasteiger partial charge >= 0.3 is 0 Å². The number of nitrogens with zero attached hydrogens (tertiary/aromatic N) is 2. The van der Waals surface area contributed by atoms with E-state index in [2.05, 4.69) is 49.0 Å². The first-order chi connectivity index (χ1) is 11.2. The van der Waals surface area contributed by atoms with Crippen molar-refractivity contribution in [3.05, 3.63) is 41.1 Å². The van der Waals surface area contributed by atoms with E-state index in [1.165, 1.54) is 55.5 Å². The molecule has 1 aromatic heterocycles. The fourth-order valence-electron chi connectivity index (χ4n) is 3.90. The third-order valence-electron chi connectivity index (χ3n) is 4.99. The number of benzene rings is 1.